The fraction of sp³-hybridized carbons (Fsp3) is 0.480. The van der Waals surface area contributed by atoms with E-state index in [0.717, 1.165) is 38.8 Å². The molecule has 0 unspecified atom stereocenters. The second-order valence-corrected chi connectivity index (χ2v) is 8.80. The van der Waals surface area contributed by atoms with Crippen LogP contribution in [0.2, 0.25) is 0 Å². The second-order valence-electron chi connectivity index (χ2n) is 8.80. The Hall–Kier alpha value is -2.17. The molecule has 2 atom stereocenters. The Morgan fingerprint density at radius 2 is 1.76 bits per heavy atom. The van der Waals surface area contributed by atoms with Crippen molar-refractivity contribution >= 4 is 5.91 Å². The molecule has 0 bridgehead atoms. The zero-order chi connectivity index (χ0) is 20.4. The van der Waals surface area contributed by atoms with Gasteiger partial charge in [0.1, 0.15) is 0 Å². The first-order valence-electron chi connectivity index (χ1n) is 10.9. The zero-order valence-corrected chi connectivity index (χ0v) is 17.7. The van der Waals surface area contributed by atoms with E-state index in [-0.39, 0.29) is 23.3 Å². The lowest BCUT2D eigenvalue weighted by Gasteiger charge is -2.47. The van der Waals surface area contributed by atoms with Crippen LogP contribution in [0.3, 0.4) is 0 Å². The van der Waals surface area contributed by atoms with E-state index in [1.807, 2.05) is 0 Å². The van der Waals surface area contributed by atoms with Gasteiger partial charge in [-0.1, -0.05) is 54.6 Å². The van der Waals surface area contributed by atoms with Crippen molar-refractivity contribution in [3.05, 3.63) is 71.3 Å². The fourth-order valence-corrected chi connectivity index (χ4v) is 5.52. The SMILES string of the molecule is CN(C)C1(c2ccccc2)CCN(C(=O)[C@@H](CN)[C@@H]2CCc3ccccc32)CC1. The minimum atomic E-state index is -0.109. The number of benzene rings is 2. The van der Waals surface area contributed by atoms with E-state index in [2.05, 4.69) is 78.5 Å². The fourth-order valence-electron chi connectivity index (χ4n) is 5.52. The monoisotopic (exact) mass is 391 g/mol. The molecule has 2 N–H and O–H groups in total. The van der Waals surface area contributed by atoms with Crippen LogP contribution in [0.4, 0.5) is 0 Å². The Balaban J connectivity index is 1.50. The van der Waals surface area contributed by atoms with E-state index in [1.54, 1.807) is 0 Å². The Labute approximate surface area is 174 Å². The third kappa shape index (κ3) is 3.60. The summed E-state index contributed by atoms with van der Waals surface area (Å²) in [5, 5.41) is 0. The molecule has 1 saturated heterocycles. The third-order valence-electron chi connectivity index (χ3n) is 7.31. The molecule has 1 aliphatic heterocycles. The van der Waals surface area contributed by atoms with Crippen molar-refractivity contribution in [1.29, 1.82) is 0 Å². The summed E-state index contributed by atoms with van der Waals surface area (Å²) in [5.41, 5.74) is 10.2. The maximum Gasteiger partial charge on any atom is 0.227 e. The van der Waals surface area contributed by atoms with Crippen LogP contribution >= 0.6 is 0 Å². The van der Waals surface area contributed by atoms with Gasteiger partial charge in [-0.3, -0.25) is 9.69 Å². The van der Waals surface area contributed by atoms with Crippen LogP contribution < -0.4 is 5.73 Å². The predicted molar refractivity (Wildman–Crippen MR) is 118 cm³/mol. The number of hydrogen-bond acceptors (Lipinski definition) is 3. The summed E-state index contributed by atoms with van der Waals surface area (Å²) in [7, 11) is 4.31. The van der Waals surface area contributed by atoms with Crippen LogP contribution in [-0.2, 0) is 16.8 Å². The van der Waals surface area contributed by atoms with E-state index in [0.29, 0.717) is 6.54 Å². The van der Waals surface area contributed by atoms with Gasteiger partial charge in [-0.2, -0.15) is 0 Å². The molecule has 0 saturated carbocycles. The first-order chi connectivity index (χ1) is 14.1. The van der Waals surface area contributed by atoms with Crippen LogP contribution in [-0.4, -0.2) is 49.4 Å². The number of nitrogens with two attached hydrogens (primary N) is 1. The van der Waals surface area contributed by atoms with Gasteiger partial charge in [-0.05, 0) is 62.4 Å². The van der Waals surface area contributed by atoms with Crippen molar-refractivity contribution in [3.8, 4) is 0 Å². The van der Waals surface area contributed by atoms with Crippen molar-refractivity contribution in [2.45, 2.75) is 37.1 Å². The molecule has 29 heavy (non-hydrogen) atoms. The number of hydrogen-bond donors (Lipinski definition) is 1. The molecular weight excluding hydrogens is 358 g/mol. The summed E-state index contributed by atoms with van der Waals surface area (Å²) in [5.74, 6) is 0.398. The quantitative estimate of drug-likeness (QED) is 0.850. The minimum Gasteiger partial charge on any atom is -0.342 e. The van der Waals surface area contributed by atoms with Crippen LogP contribution in [0.25, 0.3) is 0 Å². The van der Waals surface area contributed by atoms with Crippen molar-refractivity contribution < 1.29 is 4.79 Å². The van der Waals surface area contributed by atoms with Gasteiger partial charge >= 0.3 is 0 Å². The summed E-state index contributed by atoms with van der Waals surface area (Å²) in [4.78, 5) is 17.9. The van der Waals surface area contributed by atoms with E-state index in [9.17, 15) is 4.79 Å². The van der Waals surface area contributed by atoms with E-state index >= 15 is 0 Å². The molecule has 4 heteroatoms. The standard InChI is InChI=1S/C25H33N3O/c1-27(2)25(20-9-4-3-5-10-20)14-16-28(17-15-25)24(29)23(18-26)22-13-12-19-8-6-7-11-21(19)22/h3-11,22-23H,12-18,26H2,1-2H3/t22-,23+/m1/s1. The lowest BCUT2D eigenvalue weighted by molar-refractivity contribution is -0.138. The van der Waals surface area contributed by atoms with Crippen LogP contribution in [0.1, 0.15) is 41.9 Å². The van der Waals surface area contributed by atoms with Gasteiger partial charge in [0.15, 0.2) is 0 Å². The minimum absolute atomic E-state index is 0.00376. The molecule has 1 heterocycles. The van der Waals surface area contributed by atoms with Crippen LogP contribution in [0.15, 0.2) is 54.6 Å². The van der Waals surface area contributed by atoms with Gasteiger partial charge in [0.05, 0.1) is 5.92 Å². The number of likely N-dealkylation sites (tertiary alicyclic amines) is 1. The molecule has 1 amide bonds. The largest absolute Gasteiger partial charge is 0.342 e. The first-order valence-corrected chi connectivity index (χ1v) is 10.9. The van der Waals surface area contributed by atoms with Gasteiger partial charge < -0.3 is 10.6 Å². The molecule has 0 spiro atoms. The molecule has 154 valence electrons. The number of aryl methyl sites for hydroxylation is 1. The van der Waals surface area contributed by atoms with Gasteiger partial charge in [0, 0.05) is 25.2 Å². The summed E-state index contributed by atoms with van der Waals surface area (Å²) < 4.78 is 0. The Kier molecular flexibility index (Phi) is 5.75. The highest BCUT2D eigenvalue weighted by Crippen LogP contribution is 2.41. The maximum absolute atomic E-state index is 13.5. The molecule has 0 aromatic heterocycles. The highest BCUT2D eigenvalue weighted by Gasteiger charge is 2.42. The summed E-state index contributed by atoms with van der Waals surface area (Å²) in [6.07, 6.45) is 4.00. The Morgan fingerprint density at radius 1 is 1.10 bits per heavy atom. The lowest BCUT2D eigenvalue weighted by atomic mass is 9.79. The average Bonchev–Trinajstić information content (AvgIpc) is 3.19. The van der Waals surface area contributed by atoms with Crippen molar-refractivity contribution in [3.63, 3.8) is 0 Å². The number of amides is 1. The van der Waals surface area contributed by atoms with Crippen LogP contribution in [0, 0.1) is 5.92 Å². The Bertz CT molecular complexity index is 840. The van der Waals surface area contributed by atoms with E-state index in [1.165, 1.54) is 16.7 Å². The summed E-state index contributed by atoms with van der Waals surface area (Å²) >= 11 is 0. The van der Waals surface area contributed by atoms with Crippen molar-refractivity contribution in [1.82, 2.24) is 9.80 Å². The first kappa shape index (κ1) is 20.1. The smallest absolute Gasteiger partial charge is 0.227 e. The molecule has 4 rings (SSSR count). The van der Waals surface area contributed by atoms with Gasteiger partial charge in [-0.15, -0.1) is 0 Å². The second kappa shape index (κ2) is 8.29. The molecular formula is C25H33N3O. The number of rotatable bonds is 5. The Morgan fingerprint density at radius 3 is 2.41 bits per heavy atom. The maximum atomic E-state index is 13.5. The van der Waals surface area contributed by atoms with Gasteiger partial charge in [-0.25, -0.2) is 0 Å². The molecule has 1 fully saturated rings. The highest BCUT2D eigenvalue weighted by atomic mass is 16.2. The number of carbonyl (C=O) groups excluding carboxylic acids is 1. The van der Waals surface area contributed by atoms with Gasteiger partial charge in [0.25, 0.3) is 0 Å². The molecule has 2 aromatic carbocycles. The molecule has 4 nitrogen and oxygen atoms in total. The molecule has 2 aliphatic rings. The third-order valence-corrected chi connectivity index (χ3v) is 7.31. The van der Waals surface area contributed by atoms with Crippen molar-refractivity contribution in [2.75, 3.05) is 33.7 Å². The number of nitrogens with zero attached hydrogens (tertiary/aromatic N) is 2. The lowest BCUT2D eigenvalue weighted by Crippen LogP contribution is -2.53. The number of piperidine rings is 1. The van der Waals surface area contributed by atoms with E-state index < -0.39 is 0 Å². The normalized spacial score (nSPS) is 21.8. The highest BCUT2D eigenvalue weighted by molar-refractivity contribution is 5.80. The molecule has 0 radical (unpaired) electrons. The molecule has 2 aromatic rings. The average molecular weight is 392 g/mol. The van der Waals surface area contributed by atoms with Crippen molar-refractivity contribution in [2.24, 2.45) is 11.7 Å². The number of carbonyl (C=O) groups is 1. The predicted octanol–water partition coefficient (Wildman–Crippen LogP) is 3.37. The number of fused-ring (bicyclic) bond motifs is 1. The van der Waals surface area contributed by atoms with Crippen LogP contribution in [0.5, 0.6) is 0 Å². The molecule has 1 aliphatic carbocycles. The summed E-state index contributed by atoms with van der Waals surface area (Å²) in [6.45, 7) is 2.00. The van der Waals surface area contributed by atoms with E-state index in [4.69, 9.17) is 5.73 Å². The topological polar surface area (TPSA) is 49.6 Å². The summed E-state index contributed by atoms with van der Waals surface area (Å²) in [6, 6.07) is 19.3. The zero-order valence-electron chi connectivity index (χ0n) is 17.7. The van der Waals surface area contributed by atoms with Gasteiger partial charge in [0.2, 0.25) is 5.91 Å².